The summed E-state index contributed by atoms with van der Waals surface area (Å²) in [6.45, 7) is 4.95. The molecule has 0 atom stereocenters. The number of carbonyl (C=O) groups is 1. The van der Waals surface area contributed by atoms with Gasteiger partial charge in [0, 0.05) is 18.7 Å². The van der Waals surface area contributed by atoms with E-state index < -0.39 is 0 Å². The van der Waals surface area contributed by atoms with Gasteiger partial charge in [-0.05, 0) is 26.7 Å². The third-order valence-electron chi connectivity index (χ3n) is 2.56. The minimum atomic E-state index is -0.103. The first-order valence-corrected chi connectivity index (χ1v) is 5.13. The molecular formula is C10H18N4O. The summed E-state index contributed by atoms with van der Waals surface area (Å²) in [5.74, 6) is 4.87. The van der Waals surface area contributed by atoms with Gasteiger partial charge in [0.2, 0.25) is 5.91 Å². The van der Waals surface area contributed by atoms with E-state index in [9.17, 15) is 4.79 Å². The van der Waals surface area contributed by atoms with Crippen molar-refractivity contribution in [3.8, 4) is 0 Å². The number of nitrogens with two attached hydrogens (primary N) is 1. The zero-order chi connectivity index (χ0) is 11.3. The Labute approximate surface area is 89.6 Å². The Hall–Kier alpha value is -1.36. The van der Waals surface area contributed by atoms with E-state index in [4.69, 9.17) is 5.84 Å². The standard InChI is InChI=1S/C10H18N4O/c1-8-9(2)14(7-12-8)6-4-3-5-10(15)13-11/h7H,3-6,11H2,1-2H3,(H,13,15). The number of rotatable bonds is 5. The Morgan fingerprint density at radius 3 is 2.80 bits per heavy atom. The molecule has 0 aliphatic carbocycles. The molecule has 0 fully saturated rings. The van der Waals surface area contributed by atoms with Gasteiger partial charge in [0.25, 0.3) is 0 Å². The van der Waals surface area contributed by atoms with Gasteiger partial charge in [0.05, 0.1) is 12.0 Å². The number of aromatic nitrogens is 2. The molecule has 0 aliphatic rings. The lowest BCUT2D eigenvalue weighted by molar-refractivity contribution is -0.121. The summed E-state index contributed by atoms with van der Waals surface area (Å²) in [6.07, 6.45) is 4.14. The molecule has 0 spiro atoms. The summed E-state index contributed by atoms with van der Waals surface area (Å²) in [6, 6.07) is 0. The fourth-order valence-electron chi connectivity index (χ4n) is 1.41. The highest BCUT2D eigenvalue weighted by Gasteiger charge is 2.02. The number of carbonyl (C=O) groups excluding carboxylic acids is 1. The van der Waals surface area contributed by atoms with Crippen molar-refractivity contribution >= 4 is 5.91 Å². The van der Waals surface area contributed by atoms with Gasteiger partial charge in [0.15, 0.2) is 0 Å². The number of hydrogen-bond acceptors (Lipinski definition) is 3. The highest BCUT2D eigenvalue weighted by atomic mass is 16.2. The van der Waals surface area contributed by atoms with E-state index in [2.05, 4.69) is 21.9 Å². The maximum absolute atomic E-state index is 10.8. The molecule has 0 radical (unpaired) electrons. The maximum atomic E-state index is 10.8. The second-order valence-corrected chi connectivity index (χ2v) is 3.63. The fraction of sp³-hybridized carbons (Fsp3) is 0.600. The summed E-state index contributed by atoms with van der Waals surface area (Å²) in [5.41, 5.74) is 4.38. The molecule has 1 aromatic rings. The number of imidazole rings is 1. The summed E-state index contributed by atoms with van der Waals surface area (Å²) >= 11 is 0. The van der Waals surface area contributed by atoms with E-state index in [1.54, 1.807) is 0 Å². The van der Waals surface area contributed by atoms with Gasteiger partial charge in [-0.3, -0.25) is 10.2 Å². The summed E-state index contributed by atoms with van der Waals surface area (Å²) in [7, 11) is 0. The number of hydrogen-bond donors (Lipinski definition) is 2. The molecule has 5 nitrogen and oxygen atoms in total. The molecule has 0 unspecified atom stereocenters. The van der Waals surface area contributed by atoms with Crippen molar-refractivity contribution < 1.29 is 4.79 Å². The third-order valence-corrected chi connectivity index (χ3v) is 2.56. The molecule has 5 heteroatoms. The largest absolute Gasteiger partial charge is 0.335 e. The van der Waals surface area contributed by atoms with Crippen LogP contribution in [0, 0.1) is 13.8 Å². The van der Waals surface area contributed by atoms with Gasteiger partial charge in [-0.25, -0.2) is 10.8 Å². The van der Waals surface area contributed by atoms with Crippen LogP contribution in [0.1, 0.15) is 30.7 Å². The van der Waals surface area contributed by atoms with Crippen LogP contribution < -0.4 is 11.3 Å². The van der Waals surface area contributed by atoms with Crippen molar-refractivity contribution in [3.05, 3.63) is 17.7 Å². The molecule has 1 heterocycles. The number of hydrazine groups is 1. The Balaban J connectivity index is 2.26. The first-order valence-electron chi connectivity index (χ1n) is 5.13. The first-order chi connectivity index (χ1) is 7.15. The fourth-order valence-corrected chi connectivity index (χ4v) is 1.41. The maximum Gasteiger partial charge on any atom is 0.233 e. The minimum Gasteiger partial charge on any atom is -0.335 e. The topological polar surface area (TPSA) is 72.9 Å². The lowest BCUT2D eigenvalue weighted by Crippen LogP contribution is -2.29. The van der Waals surface area contributed by atoms with Gasteiger partial charge >= 0.3 is 0 Å². The second kappa shape index (κ2) is 5.50. The Morgan fingerprint density at radius 1 is 1.53 bits per heavy atom. The molecule has 0 aliphatic heterocycles. The van der Waals surface area contributed by atoms with Crippen LogP contribution in [0.3, 0.4) is 0 Å². The van der Waals surface area contributed by atoms with Gasteiger partial charge in [-0.2, -0.15) is 0 Å². The zero-order valence-electron chi connectivity index (χ0n) is 9.29. The molecule has 0 saturated heterocycles. The van der Waals surface area contributed by atoms with Crippen molar-refractivity contribution in [2.24, 2.45) is 5.84 Å². The van der Waals surface area contributed by atoms with Gasteiger partial charge in [-0.15, -0.1) is 0 Å². The number of unbranched alkanes of at least 4 members (excludes halogenated alkanes) is 1. The molecule has 0 bridgehead atoms. The average molecular weight is 210 g/mol. The van der Waals surface area contributed by atoms with E-state index in [1.807, 2.05) is 13.3 Å². The van der Waals surface area contributed by atoms with E-state index in [1.165, 1.54) is 5.69 Å². The molecule has 84 valence electrons. The summed E-state index contributed by atoms with van der Waals surface area (Å²) in [4.78, 5) is 15.0. The molecule has 15 heavy (non-hydrogen) atoms. The zero-order valence-corrected chi connectivity index (χ0v) is 9.29. The molecule has 0 aromatic carbocycles. The van der Waals surface area contributed by atoms with Crippen molar-refractivity contribution in [2.45, 2.75) is 39.7 Å². The van der Waals surface area contributed by atoms with Crippen LogP contribution in [-0.4, -0.2) is 15.5 Å². The third kappa shape index (κ3) is 3.36. The van der Waals surface area contributed by atoms with Gasteiger partial charge in [0.1, 0.15) is 0 Å². The van der Waals surface area contributed by atoms with Crippen LogP contribution in [-0.2, 0) is 11.3 Å². The number of nitrogens with zero attached hydrogens (tertiary/aromatic N) is 2. The summed E-state index contributed by atoms with van der Waals surface area (Å²) in [5, 5.41) is 0. The predicted molar refractivity (Wildman–Crippen MR) is 57.9 cm³/mol. The predicted octanol–water partition coefficient (Wildman–Crippen LogP) is 0.660. The quantitative estimate of drug-likeness (QED) is 0.324. The SMILES string of the molecule is Cc1ncn(CCCCC(=O)NN)c1C. The van der Waals surface area contributed by atoms with E-state index in [0.717, 1.165) is 25.1 Å². The van der Waals surface area contributed by atoms with E-state index >= 15 is 0 Å². The smallest absolute Gasteiger partial charge is 0.233 e. The minimum absolute atomic E-state index is 0.103. The van der Waals surface area contributed by atoms with Crippen LogP contribution >= 0.6 is 0 Å². The molecule has 0 saturated carbocycles. The number of aryl methyl sites for hydroxylation is 2. The Bertz CT molecular complexity index is 332. The monoisotopic (exact) mass is 210 g/mol. The van der Waals surface area contributed by atoms with Crippen LogP contribution in [0.5, 0.6) is 0 Å². The molecule has 1 aromatic heterocycles. The van der Waals surface area contributed by atoms with Crippen LogP contribution in [0.15, 0.2) is 6.33 Å². The van der Waals surface area contributed by atoms with Crippen LogP contribution in [0.4, 0.5) is 0 Å². The van der Waals surface area contributed by atoms with Crippen molar-refractivity contribution in [1.29, 1.82) is 0 Å². The molecule has 1 rings (SSSR count). The van der Waals surface area contributed by atoms with Crippen molar-refractivity contribution in [1.82, 2.24) is 15.0 Å². The molecule has 3 N–H and O–H groups in total. The Morgan fingerprint density at radius 2 is 2.27 bits per heavy atom. The first kappa shape index (κ1) is 11.7. The highest BCUT2D eigenvalue weighted by Crippen LogP contribution is 2.06. The summed E-state index contributed by atoms with van der Waals surface area (Å²) < 4.78 is 2.11. The van der Waals surface area contributed by atoms with Gasteiger partial charge in [-0.1, -0.05) is 0 Å². The highest BCUT2D eigenvalue weighted by molar-refractivity contribution is 5.74. The second-order valence-electron chi connectivity index (χ2n) is 3.63. The van der Waals surface area contributed by atoms with Crippen molar-refractivity contribution in [2.75, 3.05) is 0 Å². The molecular weight excluding hydrogens is 192 g/mol. The Kier molecular flexibility index (Phi) is 4.30. The van der Waals surface area contributed by atoms with Gasteiger partial charge < -0.3 is 4.57 Å². The van der Waals surface area contributed by atoms with Crippen LogP contribution in [0.25, 0.3) is 0 Å². The number of nitrogens with one attached hydrogen (secondary N) is 1. The number of amides is 1. The van der Waals surface area contributed by atoms with E-state index in [0.29, 0.717) is 6.42 Å². The lowest BCUT2D eigenvalue weighted by atomic mass is 10.2. The van der Waals surface area contributed by atoms with Crippen molar-refractivity contribution in [3.63, 3.8) is 0 Å². The average Bonchev–Trinajstić information content (AvgIpc) is 2.55. The normalized spacial score (nSPS) is 10.3. The lowest BCUT2D eigenvalue weighted by Gasteiger charge is -2.04. The molecule has 1 amide bonds. The van der Waals surface area contributed by atoms with E-state index in [-0.39, 0.29) is 5.91 Å². The van der Waals surface area contributed by atoms with Crippen LogP contribution in [0.2, 0.25) is 0 Å².